The molecule has 2 rings (SSSR count). The second-order valence-electron chi connectivity index (χ2n) is 2.94. The first-order valence-corrected chi connectivity index (χ1v) is 5.51. The topological polar surface area (TPSA) is 70.3 Å². The van der Waals surface area contributed by atoms with Gasteiger partial charge in [-0.1, -0.05) is 6.07 Å². The first-order chi connectivity index (χ1) is 7.86. The maximum atomic E-state index is 5.42. The number of nitrogens with zero attached hydrogens (tertiary/aromatic N) is 2. The summed E-state index contributed by atoms with van der Waals surface area (Å²) >= 11 is 1.06. The van der Waals surface area contributed by atoms with Crippen molar-refractivity contribution in [1.29, 1.82) is 0 Å². The van der Waals surface area contributed by atoms with E-state index in [-0.39, 0.29) is 0 Å². The summed E-state index contributed by atoms with van der Waals surface area (Å²) in [6.45, 7) is 2.48. The van der Waals surface area contributed by atoms with E-state index < -0.39 is 0 Å². The van der Waals surface area contributed by atoms with Gasteiger partial charge in [0.15, 0.2) is 0 Å². The molecule has 84 valence electrons. The van der Waals surface area contributed by atoms with Crippen molar-refractivity contribution in [2.45, 2.75) is 11.8 Å². The lowest BCUT2D eigenvalue weighted by atomic mass is 10.2. The van der Waals surface area contributed by atoms with E-state index in [9.17, 15) is 0 Å². The maximum Gasteiger partial charge on any atom is 0.224 e. The van der Waals surface area contributed by atoms with Crippen LogP contribution in [0.25, 0.3) is 10.9 Å². The van der Waals surface area contributed by atoms with Crippen LogP contribution in [0, 0.1) is 0 Å². The number of nitrogens with two attached hydrogens (primary N) is 1. The van der Waals surface area contributed by atoms with E-state index in [1.165, 1.54) is 6.33 Å². The highest BCUT2D eigenvalue weighted by atomic mass is 32.2. The Hall–Kier alpha value is -1.37. The van der Waals surface area contributed by atoms with Crippen molar-refractivity contribution in [2.24, 2.45) is 5.90 Å². The maximum absolute atomic E-state index is 5.42. The van der Waals surface area contributed by atoms with Crippen LogP contribution in [0.5, 0.6) is 5.88 Å². The number of rotatable bonds is 4. The highest BCUT2D eigenvalue weighted by molar-refractivity contribution is 7.94. The lowest BCUT2D eigenvalue weighted by Gasteiger charge is -2.07. The zero-order chi connectivity index (χ0) is 11.4. The van der Waals surface area contributed by atoms with Crippen molar-refractivity contribution in [3.8, 4) is 5.88 Å². The van der Waals surface area contributed by atoms with Gasteiger partial charge in [0.25, 0.3) is 0 Å². The molecule has 6 heteroatoms. The minimum Gasteiger partial charge on any atom is -0.477 e. The highest BCUT2D eigenvalue weighted by Gasteiger charge is 2.08. The van der Waals surface area contributed by atoms with Crippen LogP contribution in [0.4, 0.5) is 0 Å². The molecule has 2 N–H and O–H groups in total. The predicted molar refractivity (Wildman–Crippen MR) is 61.8 cm³/mol. The Balaban J connectivity index is 2.57. The van der Waals surface area contributed by atoms with Gasteiger partial charge in [-0.05, 0) is 19.1 Å². The van der Waals surface area contributed by atoms with Gasteiger partial charge in [0, 0.05) is 0 Å². The third kappa shape index (κ3) is 2.08. The molecule has 0 aliphatic heterocycles. The Morgan fingerprint density at radius 1 is 1.38 bits per heavy atom. The molecule has 0 saturated carbocycles. The molecule has 0 radical (unpaired) electrons. The van der Waals surface area contributed by atoms with Crippen LogP contribution in [0.1, 0.15) is 6.92 Å². The smallest absolute Gasteiger partial charge is 0.224 e. The fourth-order valence-corrected chi connectivity index (χ4v) is 1.89. The molecule has 0 saturated heterocycles. The van der Waals surface area contributed by atoms with Gasteiger partial charge in [-0.2, -0.15) is 0 Å². The van der Waals surface area contributed by atoms with E-state index in [0.29, 0.717) is 12.5 Å². The number of hydrogen-bond donors (Lipinski definition) is 1. The van der Waals surface area contributed by atoms with Crippen LogP contribution >= 0.6 is 12.0 Å². The third-order valence-corrected chi connectivity index (χ3v) is 2.62. The van der Waals surface area contributed by atoms with Crippen molar-refractivity contribution in [1.82, 2.24) is 9.97 Å². The van der Waals surface area contributed by atoms with Gasteiger partial charge in [0.05, 0.1) is 34.4 Å². The number of ether oxygens (including phenoxy) is 1. The molecule has 5 nitrogen and oxygen atoms in total. The molecule has 0 aliphatic carbocycles. The molecular weight excluding hydrogens is 226 g/mol. The molecule has 16 heavy (non-hydrogen) atoms. The molecule has 0 fully saturated rings. The summed E-state index contributed by atoms with van der Waals surface area (Å²) in [4.78, 5) is 9.11. The Morgan fingerprint density at radius 2 is 2.25 bits per heavy atom. The molecule has 0 unspecified atom stereocenters. The first-order valence-electron chi connectivity index (χ1n) is 4.76. The van der Waals surface area contributed by atoms with E-state index in [1.54, 1.807) is 0 Å². The molecule has 1 heterocycles. The van der Waals surface area contributed by atoms with Crippen LogP contribution in [-0.2, 0) is 4.28 Å². The SMILES string of the molecule is CCOc1ncnc2c(SON)cccc12. The van der Waals surface area contributed by atoms with E-state index in [2.05, 4.69) is 14.3 Å². The summed E-state index contributed by atoms with van der Waals surface area (Å²) in [5, 5.41) is 0.853. The van der Waals surface area contributed by atoms with Gasteiger partial charge in [-0.3, -0.25) is 0 Å². The number of aromatic nitrogens is 2. The largest absolute Gasteiger partial charge is 0.477 e. The summed E-state index contributed by atoms with van der Waals surface area (Å²) in [6.07, 6.45) is 1.47. The summed E-state index contributed by atoms with van der Waals surface area (Å²) in [5.74, 6) is 5.61. The van der Waals surface area contributed by atoms with Crippen molar-refractivity contribution in [3.05, 3.63) is 24.5 Å². The normalized spacial score (nSPS) is 10.6. The van der Waals surface area contributed by atoms with Gasteiger partial charge < -0.3 is 4.74 Å². The average molecular weight is 237 g/mol. The Bertz CT molecular complexity index is 447. The van der Waals surface area contributed by atoms with Crippen molar-refractivity contribution in [2.75, 3.05) is 6.61 Å². The monoisotopic (exact) mass is 237 g/mol. The zero-order valence-corrected chi connectivity index (χ0v) is 9.53. The minimum absolute atomic E-state index is 0.566. The number of fused-ring (bicyclic) bond motifs is 1. The molecule has 0 amide bonds. The molecule has 0 aliphatic rings. The van der Waals surface area contributed by atoms with Crippen molar-refractivity contribution < 1.29 is 9.02 Å². The van der Waals surface area contributed by atoms with Crippen LogP contribution in [0.3, 0.4) is 0 Å². The summed E-state index contributed by atoms with van der Waals surface area (Å²) in [6, 6.07) is 5.67. The quantitative estimate of drug-likeness (QED) is 0.647. The summed E-state index contributed by atoms with van der Waals surface area (Å²) < 4.78 is 9.97. The van der Waals surface area contributed by atoms with Crippen LogP contribution in [-0.4, -0.2) is 16.6 Å². The molecule has 0 bridgehead atoms. The molecule has 0 spiro atoms. The van der Waals surface area contributed by atoms with Crippen molar-refractivity contribution in [3.63, 3.8) is 0 Å². The lowest BCUT2D eigenvalue weighted by molar-refractivity contribution is 0.331. The van der Waals surface area contributed by atoms with Gasteiger partial charge >= 0.3 is 0 Å². The van der Waals surface area contributed by atoms with E-state index in [1.807, 2.05) is 25.1 Å². The fraction of sp³-hybridized carbons (Fsp3) is 0.200. The molecular formula is C10H11N3O2S. The molecule has 1 aromatic carbocycles. The summed E-state index contributed by atoms with van der Waals surface area (Å²) in [7, 11) is 0. The summed E-state index contributed by atoms with van der Waals surface area (Å²) in [5.41, 5.74) is 0.774. The molecule has 0 atom stereocenters. The number of benzene rings is 1. The molecule has 1 aromatic heterocycles. The van der Waals surface area contributed by atoms with Crippen LogP contribution < -0.4 is 10.6 Å². The number of para-hydroxylation sites is 1. The van der Waals surface area contributed by atoms with Gasteiger partial charge in [0.2, 0.25) is 5.88 Å². The average Bonchev–Trinajstić information content (AvgIpc) is 2.31. The van der Waals surface area contributed by atoms with E-state index in [4.69, 9.17) is 10.6 Å². The van der Waals surface area contributed by atoms with Crippen LogP contribution in [0.15, 0.2) is 29.4 Å². The predicted octanol–water partition coefficient (Wildman–Crippen LogP) is 1.93. The number of hydrogen-bond acceptors (Lipinski definition) is 6. The van der Waals surface area contributed by atoms with Crippen LogP contribution in [0.2, 0.25) is 0 Å². The molecule has 2 aromatic rings. The Kier molecular flexibility index (Phi) is 3.55. The fourth-order valence-electron chi connectivity index (χ4n) is 1.41. The van der Waals surface area contributed by atoms with Gasteiger partial charge in [-0.15, -0.1) is 0 Å². The second kappa shape index (κ2) is 5.11. The van der Waals surface area contributed by atoms with Gasteiger partial charge in [-0.25, -0.2) is 20.1 Å². The minimum atomic E-state index is 0.566. The standard InChI is InChI=1S/C10H11N3O2S/c1-2-14-10-7-4-3-5-8(16-15-11)9(7)12-6-13-10/h3-6H,2,11H2,1H3. The highest BCUT2D eigenvalue weighted by Crippen LogP contribution is 2.29. The lowest BCUT2D eigenvalue weighted by Crippen LogP contribution is -1.97. The van der Waals surface area contributed by atoms with E-state index >= 15 is 0 Å². The van der Waals surface area contributed by atoms with Gasteiger partial charge in [0.1, 0.15) is 6.33 Å². The van der Waals surface area contributed by atoms with E-state index in [0.717, 1.165) is 27.8 Å². The second-order valence-corrected chi connectivity index (χ2v) is 3.74. The Labute approximate surface area is 97.1 Å². The van der Waals surface area contributed by atoms with Crippen molar-refractivity contribution >= 4 is 22.9 Å². The first kappa shape index (κ1) is 11.1. The third-order valence-electron chi connectivity index (χ3n) is 2.01. The zero-order valence-electron chi connectivity index (χ0n) is 8.71. The Morgan fingerprint density at radius 3 is 3.00 bits per heavy atom.